The number of halogens is 1. The van der Waals surface area contributed by atoms with Crippen LogP contribution in [0.1, 0.15) is 0 Å². The van der Waals surface area contributed by atoms with Gasteiger partial charge in [0.25, 0.3) is 5.91 Å². The largest absolute Gasteiger partial charge is 0.489 e. The molecule has 0 N–H and O–H groups in total. The molecule has 0 aliphatic carbocycles. The average Bonchev–Trinajstić information content (AvgIpc) is 2.53. The Hall–Kier alpha value is -2.63. The van der Waals surface area contributed by atoms with E-state index in [2.05, 4.69) is 4.98 Å². The third-order valence-electron chi connectivity index (χ3n) is 3.11. The summed E-state index contributed by atoms with van der Waals surface area (Å²) in [5, 5.41) is 0. The van der Waals surface area contributed by atoms with Gasteiger partial charge in [-0.05, 0) is 12.1 Å². The molecule has 0 unspecified atom stereocenters. The Morgan fingerprint density at radius 2 is 2.24 bits per heavy atom. The number of carbonyl (C=O) groups is 1. The maximum atomic E-state index is 13.4. The Morgan fingerprint density at radius 3 is 3.10 bits per heavy atom. The van der Waals surface area contributed by atoms with Crippen LogP contribution < -0.4 is 14.4 Å². The molecule has 0 saturated heterocycles. The molecule has 0 spiro atoms. The number of fused-ring (bicyclic) bond motifs is 1. The van der Waals surface area contributed by atoms with Crippen molar-refractivity contribution < 1.29 is 18.7 Å². The molecule has 0 fully saturated rings. The van der Waals surface area contributed by atoms with Crippen LogP contribution in [0.3, 0.4) is 0 Å². The van der Waals surface area contributed by atoms with Crippen LogP contribution in [0.25, 0.3) is 0 Å². The molecule has 108 valence electrons. The van der Waals surface area contributed by atoms with E-state index in [0.29, 0.717) is 24.6 Å². The minimum absolute atomic E-state index is 0.0607. The molecule has 5 nitrogen and oxygen atoms in total. The predicted octanol–water partition coefficient (Wildman–Crippen LogP) is 2.03. The molecule has 0 bridgehead atoms. The van der Waals surface area contributed by atoms with Crippen LogP contribution in [-0.2, 0) is 4.79 Å². The highest BCUT2D eigenvalue weighted by Crippen LogP contribution is 2.30. The van der Waals surface area contributed by atoms with Crippen LogP contribution in [0.2, 0.25) is 0 Å². The van der Waals surface area contributed by atoms with Crippen molar-refractivity contribution in [2.75, 3.05) is 24.7 Å². The van der Waals surface area contributed by atoms with E-state index < -0.39 is 5.82 Å². The first-order valence-corrected chi connectivity index (χ1v) is 6.50. The number of aromatic nitrogens is 1. The van der Waals surface area contributed by atoms with Crippen molar-refractivity contribution in [3.8, 4) is 11.5 Å². The van der Waals surface area contributed by atoms with Gasteiger partial charge in [0.1, 0.15) is 18.0 Å². The fourth-order valence-electron chi connectivity index (χ4n) is 2.10. The summed E-state index contributed by atoms with van der Waals surface area (Å²) in [7, 11) is 0. The number of hydrogen-bond donors (Lipinski definition) is 0. The normalized spacial score (nSPS) is 13.3. The van der Waals surface area contributed by atoms with E-state index in [1.165, 1.54) is 17.0 Å². The van der Waals surface area contributed by atoms with Crippen molar-refractivity contribution in [2.24, 2.45) is 0 Å². The van der Waals surface area contributed by atoms with Crippen LogP contribution in [0.15, 0.2) is 42.7 Å². The molecule has 3 rings (SSSR count). The summed E-state index contributed by atoms with van der Waals surface area (Å²) in [6.07, 6.45) is 3.16. The van der Waals surface area contributed by atoms with Crippen LogP contribution >= 0.6 is 0 Å². The molecular weight excluding hydrogens is 275 g/mol. The zero-order chi connectivity index (χ0) is 14.7. The molecule has 1 aliphatic rings. The predicted molar refractivity (Wildman–Crippen MR) is 74.0 cm³/mol. The third-order valence-corrected chi connectivity index (χ3v) is 3.11. The van der Waals surface area contributed by atoms with Gasteiger partial charge in [-0.25, -0.2) is 4.39 Å². The van der Waals surface area contributed by atoms with Gasteiger partial charge in [0.2, 0.25) is 0 Å². The Kier molecular flexibility index (Phi) is 3.68. The second kappa shape index (κ2) is 5.78. The molecule has 1 aliphatic heterocycles. The monoisotopic (exact) mass is 288 g/mol. The highest BCUT2D eigenvalue weighted by Gasteiger charge is 2.24. The van der Waals surface area contributed by atoms with E-state index in [-0.39, 0.29) is 18.3 Å². The minimum Gasteiger partial charge on any atom is -0.489 e. The van der Waals surface area contributed by atoms with Gasteiger partial charge in [-0.2, -0.15) is 0 Å². The number of amides is 1. The summed E-state index contributed by atoms with van der Waals surface area (Å²) in [6.45, 7) is 0.579. The van der Waals surface area contributed by atoms with Crippen molar-refractivity contribution in [2.45, 2.75) is 0 Å². The van der Waals surface area contributed by atoms with Crippen LogP contribution in [0, 0.1) is 5.82 Å². The summed E-state index contributed by atoms with van der Waals surface area (Å²) in [5.41, 5.74) is 0.603. The quantitative estimate of drug-likeness (QED) is 0.867. The Labute approximate surface area is 120 Å². The Morgan fingerprint density at radius 1 is 1.38 bits per heavy atom. The van der Waals surface area contributed by atoms with Crippen molar-refractivity contribution in [1.29, 1.82) is 0 Å². The number of hydrogen-bond acceptors (Lipinski definition) is 4. The van der Waals surface area contributed by atoms with Crippen molar-refractivity contribution in [3.05, 3.63) is 48.5 Å². The maximum Gasteiger partial charge on any atom is 0.265 e. The minimum atomic E-state index is -0.491. The number of anilines is 1. The molecule has 1 aromatic carbocycles. The Bertz CT molecular complexity index is 663. The summed E-state index contributed by atoms with van der Waals surface area (Å²) in [5.74, 6) is -0.0915. The van der Waals surface area contributed by atoms with E-state index >= 15 is 0 Å². The van der Waals surface area contributed by atoms with Crippen molar-refractivity contribution in [1.82, 2.24) is 4.98 Å². The van der Waals surface area contributed by atoms with Gasteiger partial charge in [0, 0.05) is 12.3 Å². The molecule has 0 atom stereocenters. The van der Waals surface area contributed by atoms with Gasteiger partial charge < -0.3 is 14.4 Å². The zero-order valence-electron chi connectivity index (χ0n) is 11.2. The van der Waals surface area contributed by atoms with Gasteiger partial charge >= 0.3 is 0 Å². The number of carbonyl (C=O) groups excluding carboxylic acids is 1. The summed E-state index contributed by atoms with van der Waals surface area (Å²) < 4.78 is 24.1. The Balaban J connectivity index is 1.71. The molecule has 1 amide bonds. The fraction of sp³-hybridized carbons (Fsp3) is 0.200. The van der Waals surface area contributed by atoms with Crippen molar-refractivity contribution in [3.63, 3.8) is 0 Å². The maximum absolute atomic E-state index is 13.4. The summed E-state index contributed by atoms with van der Waals surface area (Å²) in [4.78, 5) is 17.8. The zero-order valence-corrected chi connectivity index (χ0v) is 11.2. The molecular formula is C15H13FN2O3. The van der Waals surface area contributed by atoms with Gasteiger partial charge in [-0.3, -0.25) is 9.78 Å². The van der Waals surface area contributed by atoms with Crippen LogP contribution in [0.4, 0.5) is 10.1 Å². The molecule has 1 aromatic heterocycles. The summed E-state index contributed by atoms with van der Waals surface area (Å²) in [6, 6.07) is 7.68. The van der Waals surface area contributed by atoms with Gasteiger partial charge in [0.05, 0.1) is 12.7 Å². The third kappa shape index (κ3) is 2.79. The standard InChI is InChI=1S/C15H13FN2O3/c16-11-3-1-2-4-13(11)21-10-15(19)18-7-8-20-14-5-6-17-9-12(14)18/h1-6,9H,7-8,10H2. The molecule has 2 aromatic rings. The van der Waals surface area contributed by atoms with E-state index in [0.717, 1.165) is 0 Å². The topological polar surface area (TPSA) is 51.7 Å². The molecule has 6 heteroatoms. The highest BCUT2D eigenvalue weighted by atomic mass is 19.1. The second-order valence-corrected chi connectivity index (χ2v) is 4.46. The molecule has 0 saturated carbocycles. The number of ether oxygens (including phenoxy) is 2. The van der Waals surface area contributed by atoms with E-state index in [1.54, 1.807) is 30.6 Å². The van der Waals surface area contributed by atoms with E-state index in [4.69, 9.17) is 9.47 Å². The van der Waals surface area contributed by atoms with E-state index in [9.17, 15) is 9.18 Å². The summed E-state index contributed by atoms with van der Waals surface area (Å²) >= 11 is 0. The van der Waals surface area contributed by atoms with Crippen molar-refractivity contribution >= 4 is 11.6 Å². The number of pyridine rings is 1. The first kappa shape index (κ1) is 13.4. The molecule has 21 heavy (non-hydrogen) atoms. The average molecular weight is 288 g/mol. The number of nitrogens with zero attached hydrogens (tertiary/aromatic N) is 2. The lowest BCUT2D eigenvalue weighted by atomic mass is 10.3. The first-order chi connectivity index (χ1) is 10.3. The van der Waals surface area contributed by atoms with E-state index in [1.807, 2.05) is 0 Å². The molecule has 2 heterocycles. The lowest BCUT2D eigenvalue weighted by Gasteiger charge is -2.28. The van der Waals surface area contributed by atoms with Gasteiger partial charge in [-0.15, -0.1) is 0 Å². The molecule has 0 radical (unpaired) electrons. The van der Waals surface area contributed by atoms with Crippen LogP contribution in [-0.4, -0.2) is 30.6 Å². The number of rotatable bonds is 3. The smallest absolute Gasteiger partial charge is 0.265 e. The van der Waals surface area contributed by atoms with Gasteiger partial charge in [-0.1, -0.05) is 12.1 Å². The van der Waals surface area contributed by atoms with Crippen LogP contribution in [0.5, 0.6) is 11.5 Å². The second-order valence-electron chi connectivity index (χ2n) is 4.46. The number of benzene rings is 1. The highest BCUT2D eigenvalue weighted by molar-refractivity contribution is 5.96. The fourth-order valence-corrected chi connectivity index (χ4v) is 2.10. The number of para-hydroxylation sites is 1. The van der Waals surface area contributed by atoms with Gasteiger partial charge in [0.15, 0.2) is 18.2 Å². The lowest BCUT2D eigenvalue weighted by Crippen LogP contribution is -2.40. The first-order valence-electron chi connectivity index (χ1n) is 6.50. The lowest BCUT2D eigenvalue weighted by molar-refractivity contribution is -0.120. The SMILES string of the molecule is O=C(COc1ccccc1F)N1CCOc2ccncc21.